The van der Waals surface area contributed by atoms with Gasteiger partial charge in [-0.25, -0.2) is 0 Å². The second-order valence-electron chi connectivity index (χ2n) is 7.28. The molecule has 0 fully saturated rings. The van der Waals surface area contributed by atoms with Crippen LogP contribution in [0.2, 0.25) is 0 Å². The van der Waals surface area contributed by atoms with E-state index in [1.54, 1.807) is 30.3 Å². The van der Waals surface area contributed by atoms with Crippen LogP contribution in [0.15, 0.2) is 47.6 Å². The Kier molecular flexibility index (Phi) is 7.06. The van der Waals surface area contributed by atoms with Gasteiger partial charge in [-0.1, -0.05) is 12.1 Å². The van der Waals surface area contributed by atoms with Gasteiger partial charge in [-0.2, -0.15) is 5.10 Å². The van der Waals surface area contributed by atoms with Crippen molar-refractivity contribution in [1.82, 2.24) is 5.01 Å². The zero-order valence-corrected chi connectivity index (χ0v) is 17.6. The maximum atomic E-state index is 12.6. The number of ether oxygens (including phenoxy) is 2. The standard InChI is InChI=1S/C23H27N3O4/c1-4-29-22(27)14-20-11-9-18-13-19(10-12-21(18)30-20)25-23(28)17-7-5-16(6-8-17)15-24-26(2)3/h5-8,10,12-13,15,20H,4,9,11,14H2,1-3H3,(H,25,28). The van der Waals surface area contributed by atoms with Crippen LogP contribution in [-0.2, 0) is 16.0 Å². The first kappa shape index (κ1) is 21.4. The highest BCUT2D eigenvalue weighted by molar-refractivity contribution is 6.04. The molecule has 7 heteroatoms. The third-order valence-corrected chi connectivity index (χ3v) is 4.66. The van der Waals surface area contributed by atoms with Gasteiger partial charge in [0.2, 0.25) is 0 Å². The minimum Gasteiger partial charge on any atom is -0.490 e. The summed E-state index contributed by atoms with van der Waals surface area (Å²) in [7, 11) is 3.70. The summed E-state index contributed by atoms with van der Waals surface area (Å²) in [5.74, 6) is 0.329. The minimum absolute atomic E-state index is 0.174. The van der Waals surface area contributed by atoms with Gasteiger partial charge in [-0.05, 0) is 61.2 Å². The van der Waals surface area contributed by atoms with Crippen molar-refractivity contribution in [3.63, 3.8) is 0 Å². The predicted molar refractivity (Wildman–Crippen MR) is 116 cm³/mol. The Morgan fingerprint density at radius 3 is 2.70 bits per heavy atom. The first-order valence-corrected chi connectivity index (χ1v) is 10.0. The first-order valence-electron chi connectivity index (χ1n) is 10.0. The molecule has 0 saturated heterocycles. The molecule has 0 spiro atoms. The third-order valence-electron chi connectivity index (χ3n) is 4.66. The van der Waals surface area contributed by atoms with Crippen LogP contribution in [0, 0.1) is 0 Å². The number of hydrogen-bond acceptors (Lipinski definition) is 6. The topological polar surface area (TPSA) is 80.2 Å². The van der Waals surface area contributed by atoms with E-state index in [9.17, 15) is 9.59 Å². The van der Waals surface area contributed by atoms with Crippen molar-refractivity contribution in [2.75, 3.05) is 26.0 Å². The first-order chi connectivity index (χ1) is 14.4. The molecule has 0 aromatic heterocycles. The molecule has 1 heterocycles. The van der Waals surface area contributed by atoms with E-state index >= 15 is 0 Å². The Labute approximate surface area is 176 Å². The van der Waals surface area contributed by atoms with E-state index in [2.05, 4.69) is 10.4 Å². The molecule has 1 N–H and O–H groups in total. The summed E-state index contributed by atoms with van der Waals surface area (Å²) in [5.41, 5.74) is 3.22. The summed E-state index contributed by atoms with van der Waals surface area (Å²) < 4.78 is 10.9. The fourth-order valence-electron chi connectivity index (χ4n) is 3.18. The van der Waals surface area contributed by atoms with Crippen molar-refractivity contribution in [1.29, 1.82) is 0 Å². The molecule has 7 nitrogen and oxygen atoms in total. The molecule has 1 unspecified atom stereocenters. The summed E-state index contributed by atoms with van der Waals surface area (Å²) in [4.78, 5) is 24.2. The van der Waals surface area contributed by atoms with Gasteiger partial charge in [0, 0.05) is 25.3 Å². The average Bonchev–Trinajstić information content (AvgIpc) is 2.73. The molecule has 0 saturated carbocycles. The summed E-state index contributed by atoms with van der Waals surface area (Å²) in [6.07, 6.45) is 3.33. The lowest BCUT2D eigenvalue weighted by molar-refractivity contribution is -0.145. The molecule has 158 valence electrons. The zero-order chi connectivity index (χ0) is 21.5. The van der Waals surface area contributed by atoms with Crippen LogP contribution in [-0.4, -0.2) is 49.9 Å². The largest absolute Gasteiger partial charge is 0.490 e. The lowest BCUT2D eigenvalue weighted by atomic mass is 10.00. The number of amides is 1. The highest BCUT2D eigenvalue weighted by Crippen LogP contribution is 2.31. The summed E-state index contributed by atoms with van der Waals surface area (Å²) in [6, 6.07) is 12.8. The van der Waals surface area contributed by atoms with Crippen molar-refractivity contribution >= 4 is 23.8 Å². The smallest absolute Gasteiger partial charge is 0.309 e. The van der Waals surface area contributed by atoms with Crippen LogP contribution in [0.5, 0.6) is 5.75 Å². The fraction of sp³-hybridized carbons (Fsp3) is 0.348. The Hall–Kier alpha value is -3.35. The van der Waals surface area contributed by atoms with Gasteiger partial charge in [0.1, 0.15) is 11.9 Å². The summed E-state index contributed by atoms with van der Waals surface area (Å²) in [6.45, 7) is 2.16. The van der Waals surface area contributed by atoms with Gasteiger partial charge in [0.15, 0.2) is 0 Å². The molecule has 30 heavy (non-hydrogen) atoms. The second kappa shape index (κ2) is 9.91. The lowest BCUT2D eigenvalue weighted by Gasteiger charge is -2.26. The predicted octanol–water partition coefficient (Wildman–Crippen LogP) is 3.48. The number of carbonyl (C=O) groups is 2. The molecule has 3 rings (SSSR count). The van der Waals surface area contributed by atoms with Gasteiger partial charge >= 0.3 is 5.97 Å². The molecule has 0 aliphatic carbocycles. The van der Waals surface area contributed by atoms with Crippen LogP contribution in [0.3, 0.4) is 0 Å². The van der Waals surface area contributed by atoms with Gasteiger partial charge in [0.05, 0.1) is 19.2 Å². The fourth-order valence-corrected chi connectivity index (χ4v) is 3.18. The monoisotopic (exact) mass is 409 g/mol. The number of nitrogens with one attached hydrogen (secondary N) is 1. The van der Waals surface area contributed by atoms with E-state index in [0.717, 1.165) is 29.7 Å². The molecular formula is C23H27N3O4. The summed E-state index contributed by atoms with van der Waals surface area (Å²) >= 11 is 0. The van der Waals surface area contributed by atoms with Gasteiger partial charge < -0.3 is 19.8 Å². The number of hydrazone groups is 1. The van der Waals surface area contributed by atoms with E-state index in [0.29, 0.717) is 17.9 Å². The van der Waals surface area contributed by atoms with Crippen LogP contribution >= 0.6 is 0 Å². The van der Waals surface area contributed by atoms with Crippen molar-refractivity contribution in [3.8, 4) is 5.75 Å². The number of nitrogens with zero attached hydrogens (tertiary/aromatic N) is 2. The van der Waals surface area contributed by atoms with E-state index in [1.807, 2.05) is 44.4 Å². The maximum Gasteiger partial charge on any atom is 0.309 e. The zero-order valence-electron chi connectivity index (χ0n) is 17.6. The van der Waals surface area contributed by atoms with Crippen LogP contribution in [0.4, 0.5) is 5.69 Å². The number of esters is 1. The molecule has 2 aromatic carbocycles. The number of benzene rings is 2. The molecule has 1 amide bonds. The van der Waals surface area contributed by atoms with Crippen molar-refractivity contribution < 1.29 is 19.1 Å². The average molecular weight is 409 g/mol. The number of aryl methyl sites for hydroxylation is 1. The highest BCUT2D eigenvalue weighted by Gasteiger charge is 2.23. The van der Waals surface area contributed by atoms with E-state index < -0.39 is 0 Å². The van der Waals surface area contributed by atoms with E-state index in [-0.39, 0.29) is 24.4 Å². The molecule has 1 aliphatic rings. The SMILES string of the molecule is CCOC(=O)CC1CCc2cc(NC(=O)c3ccc(C=NN(C)C)cc3)ccc2O1. The van der Waals surface area contributed by atoms with Crippen molar-refractivity contribution in [2.24, 2.45) is 5.10 Å². The Morgan fingerprint density at radius 1 is 1.23 bits per heavy atom. The molecule has 2 aromatic rings. The lowest BCUT2D eigenvalue weighted by Crippen LogP contribution is -2.26. The number of hydrogen-bond donors (Lipinski definition) is 1. The number of anilines is 1. The number of carbonyl (C=O) groups excluding carboxylic acids is 2. The van der Waals surface area contributed by atoms with Crippen molar-refractivity contribution in [3.05, 3.63) is 59.2 Å². The quantitative estimate of drug-likeness (QED) is 0.430. The Bertz CT molecular complexity index is 923. The molecule has 1 atom stereocenters. The van der Waals surface area contributed by atoms with Crippen LogP contribution in [0.1, 0.15) is 41.3 Å². The number of rotatable bonds is 7. The highest BCUT2D eigenvalue weighted by atomic mass is 16.5. The van der Waals surface area contributed by atoms with Crippen LogP contribution in [0.25, 0.3) is 0 Å². The van der Waals surface area contributed by atoms with E-state index in [4.69, 9.17) is 9.47 Å². The molecule has 0 bridgehead atoms. The van der Waals surface area contributed by atoms with Crippen LogP contribution < -0.4 is 10.1 Å². The van der Waals surface area contributed by atoms with Crippen molar-refractivity contribution in [2.45, 2.75) is 32.3 Å². The van der Waals surface area contributed by atoms with Gasteiger partial charge in [-0.3, -0.25) is 9.59 Å². The third kappa shape index (κ3) is 5.83. The molecular weight excluding hydrogens is 382 g/mol. The minimum atomic E-state index is -0.242. The van der Waals surface area contributed by atoms with Gasteiger partial charge in [-0.15, -0.1) is 0 Å². The Balaban J connectivity index is 1.60. The molecule has 0 radical (unpaired) electrons. The Morgan fingerprint density at radius 2 is 2.00 bits per heavy atom. The van der Waals surface area contributed by atoms with Gasteiger partial charge in [0.25, 0.3) is 5.91 Å². The normalized spacial score (nSPS) is 15.2. The molecule has 1 aliphatic heterocycles. The second-order valence-corrected chi connectivity index (χ2v) is 7.28. The maximum absolute atomic E-state index is 12.6. The van der Waals surface area contributed by atoms with E-state index in [1.165, 1.54) is 0 Å². The number of fused-ring (bicyclic) bond motifs is 1. The summed E-state index contributed by atoms with van der Waals surface area (Å²) in [5, 5.41) is 8.81.